The fraction of sp³-hybridized carbons (Fsp3) is 0.269. The largest absolute Gasteiger partial charge is 0.493 e. The monoisotopic (exact) mass is 521 g/mol. The molecule has 2 aromatic rings. The fourth-order valence-corrected chi connectivity index (χ4v) is 5.02. The quantitative estimate of drug-likeness (QED) is 0.551. The summed E-state index contributed by atoms with van der Waals surface area (Å²) in [5.41, 5.74) is 1.06. The van der Waals surface area contributed by atoms with E-state index in [4.69, 9.17) is 14.9 Å². The van der Waals surface area contributed by atoms with Gasteiger partial charge >= 0.3 is 0 Å². The minimum Gasteiger partial charge on any atom is -0.493 e. The SMILES string of the molecule is COc1cc(/C=C2/C(=N)N3N=C(CC(=O)N4CCCC4)SC3=NC2=O)ccc1OCc1ccccc1F. The number of likely N-dealkylation sites (tertiary alicyclic amines) is 1. The first kappa shape index (κ1) is 24.7. The Morgan fingerprint density at radius 2 is 1.97 bits per heavy atom. The zero-order valence-corrected chi connectivity index (χ0v) is 20.9. The lowest BCUT2D eigenvalue weighted by Gasteiger charge is -2.20. The molecule has 1 N–H and O–H groups in total. The Morgan fingerprint density at radius 3 is 2.73 bits per heavy atom. The van der Waals surface area contributed by atoms with E-state index in [2.05, 4.69) is 10.1 Å². The van der Waals surface area contributed by atoms with Crippen LogP contribution in [0.15, 0.2) is 58.1 Å². The number of fused-ring (bicyclic) bond motifs is 1. The molecule has 37 heavy (non-hydrogen) atoms. The topological polar surface area (TPSA) is 108 Å². The highest BCUT2D eigenvalue weighted by Crippen LogP contribution is 2.32. The molecule has 0 aromatic heterocycles. The van der Waals surface area contributed by atoms with Gasteiger partial charge in [0.1, 0.15) is 17.5 Å². The highest BCUT2D eigenvalue weighted by molar-refractivity contribution is 8.27. The van der Waals surface area contributed by atoms with Crippen molar-refractivity contribution in [2.24, 2.45) is 10.1 Å². The number of amides is 2. The molecule has 0 atom stereocenters. The van der Waals surface area contributed by atoms with Gasteiger partial charge in [-0.1, -0.05) is 24.3 Å². The van der Waals surface area contributed by atoms with Gasteiger partial charge in [-0.05, 0) is 54.4 Å². The van der Waals surface area contributed by atoms with E-state index in [-0.39, 0.29) is 41.3 Å². The van der Waals surface area contributed by atoms with E-state index < -0.39 is 5.91 Å². The van der Waals surface area contributed by atoms with E-state index in [1.165, 1.54) is 24.3 Å². The average molecular weight is 522 g/mol. The van der Waals surface area contributed by atoms with Crippen LogP contribution in [0.5, 0.6) is 11.5 Å². The molecule has 0 radical (unpaired) electrons. The van der Waals surface area contributed by atoms with Crippen molar-refractivity contribution in [2.75, 3.05) is 20.2 Å². The number of aliphatic imine (C=N–C) groups is 1. The maximum atomic E-state index is 13.9. The van der Waals surface area contributed by atoms with Gasteiger partial charge < -0.3 is 14.4 Å². The average Bonchev–Trinajstić information content (AvgIpc) is 3.57. The Kier molecular flexibility index (Phi) is 7.04. The molecule has 1 saturated heterocycles. The summed E-state index contributed by atoms with van der Waals surface area (Å²) >= 11 is 1.14. The molecular formula is C26H24FN5O4S. The summed E-state index contributed by atoms with van der Waals surface area (Å²) < 4.78 is 25.1. The van der Waals surface area contributed by atoms with Crippen LogP contribution in [0.1, 0.15) is 30.4 Å². The molecule has 2 amide bonds. The summed E-state index contributed by atoms with van der Waals surface area (Å²) in [6.45, 7) is 1.52. The fourth-order valence-electron chi connectivity index (χ4n) is 4.14. The van der Waals surface area contributed by atoms with Crippen LogP contribution in [-0.2, 0) is 16.2 Å². The third kappa shape index (κ3) is 5.26. The molecule has 0 unspecified atom stereocenters. The molecule has 5 rings (SSSR count). The van der Waals surface area contributed by atoms with Gasteiger partial charge in [0.15, 0.2) is 17.3 Å². The number of nitrogens with zero attached hydrogens (tertiary/aromatic N) is 4. The molecule has 190 valence electrons. The van der Waals surface area contributed by atoms with Crippen molar-refractivity contribution in [3.63, 3.8) is 0 Å². The second-order valence-corrected chi connectivity index (χ2v) is 9.61. The second kappa shape index (κ2) is 10.6. The van der Waals surface area contributed by atoms with Crippen LogP contribution in [0.4, 0.5) is 4.39 Å². The lowest BCUT2D eigenvalue weighted by molar-refractivity contribution is -0.128. The number of hydrazone groups is 1. The van der Waals surface area contributed by atoms with Crippen molar-refractivity contribution < 1.29 is 23.5 Å². The van der Waals surface area contributed by atoms with E-state index in [1.807, 2.05) is 0 Å². The Balaban J connectivity index is 1.31. The summed E-state index contributed by atoms with van der Waals surface area (Å²) in [4.78, 5) is 31.1. The molecule has 11 heteroatoms. The highest BCUT2D eigenvalue weighted by atomic mass is 32.2. The van der Waals surface area contributed by atoms with Gasteiger partial charge in [-0.15, -0.1) is 0 Å². The van der Waals surface area contributed by atoms with Crippen LogP contribution in [-0.4, -0.2) is 58.0 Å². The summed E-state index contributed by atoms with van der Waals surface area (Å²) in [6.07, 6.45) is 3.65. The molecule has 3 aliphatic heterocycles. The van der Waals surface area contributed by atoms with Gasteiger partial charge in [0.05, 0.1) is 19.1 Å². The van der Waals surface area contributed by atoms with Crippen molar-refractivity contribution in [2.45, 2.75) is 25.9 Å². The molecule has 3 aliphatic rings. The lowest BCUT2D eigenvalue weighted by Crippen LogP contribution is -2.35. The number of methoxy groups -OCH3 is 1. The Labute approximate surface area is 217 Å². The van der Waals surface area contributed by atoms with E-state index >= 15 is 0 Å². The molecule has 0 bridgehead atoms. The van der Waals surface area contributed by atoms with Gasteiger partial charge in [-0.2, -0.15) is 15.1 Å². The van der Waals surface area contributed by atoms with Gasteiger partial charge in [0.2, 0.25) is 11.1 Å². The molecule has 3 heterocycles. The van der Waals surface area contributed by atoms with E-state index in [1.54, 1.807) is 41.3 Å². The van der Waals surface area contributed by atoms with Crippen LogP contribution in [0.25, 0.3) is 6.08 Å². The first-order valence-electron chi connectivity index (χ1n) is 11.7. The van der Waals surface area contributed by atoms with Crippen molar-refractivity contribution in [1.82, 2.24) is 9.91 Å². The number of carbonyl (C=O) groups excluding carboxylic acids is 2. The standard InChI is InChI=1S/C26H24FN5O4S/c1-35-21-13-16(8-9-20(21)36-15-17-6-2-3-7-19(17)27)12-18-24(28)32-26(29-25(18)34)37-22(30-32)14-23(33)31-10-4-5-11-31/h2-3,6-9,12-13,28H,4-5,10-11,14-15H2,1H3/b18-12-,28-24?. The van der Waals surface area contributed by atoms with Crippen LogP contribution in [0, 0.1) is 11.2 Å². The minimum atomic E-state index is -0.565. The molecule has 1 fully saturated rings. The van der Waals surface area contributed by atoms with Crippen molar-refractivity contribution in [3.05, 3.63) is 65.0 Å². The number of carbonyl (C=O) groups is 2. The second-order valence-electron chi connectivity index (χ2n) is 8.57. The molecule has 9 nitrogen and oxygen atoms in total. The number of rotatable bonds is 7. The maximum Gasteiger partial charge on any atom is 0.283 e. The Bertz CT molecular complexity index is 1370. The van der Waals surface area contributed by atoms with Gasteiger partial charge in [-0.3, -0.25) is 15.0 Å². The maximum absolute atomic E-state index is 13.9. The molecule has 0 aliphatic carbocycles. The van der Waals surface area contributed by atoms with Crippen LogP contribution in [0.2, 0.25) is 0 Å². The Morgan fingerprint density at radius 1 is 1.19 bits per heavy atom. The third-order valence-electron chi connectivity index (χ3n) is 6.10. The van der Waals surface area contributed by atoms with Gasteiger partial charge in [0, 0.05) is 18.7 Å². The molecule has 0 saturated carbocycles. The zero-order chi connectivity index (χ0) is 25.9. The van der Waals surface area contributed by atoms with Crippen molar-refractivity contribution in [1.29, 1.82) is 5.41 Å². The summed E-state index contributed by atoms with van der Waals surface area (Å²) in [5.74, 6) is -0.256. The molecule has 2 aromatic carbocycles. The summed E-state index contributed by atoms with van der Waals surface area (Å²) in [7, 11) is 1.48. The first-order valence-corrected chi connectivity index (χ1v) is 12.6. The zero-order valence-electron chi connectivity index (χ0n) is 20.1. The first-order chi connectivity index (χ1) is 17.9. The van der Waals surface area contributed by atoms with Gasteiger partial charge in [0.25, 0.3) is 5.91 Å². The molecule has 0 spiro atoms. The van der Waals surface area contributed by atoms with Gasteiger partial charge in [-0.25, -0.2) is 4.39 Å². The third-order valence-corrected chi connectivity index (χ3v) is 7.01. The van der Waals surface area contributed by atoms with Crippen molar-refractivity contribution in [3.8, 4) is 11.5 Å². The summed E-state index contributed by atoms with van der Waals surface area (Å²) in [5, 5.41) is 15.0. The number of benzene rings is 2. The number of hydrogen-bond acceptors (Lipinski definition) is 7. The Hall–Kier alpha value is -3.99. The minimum absolute atomic E-state index is 0.0118. The lowest BCUT2D eigenvalue weighted by atomic mass is 10.1. The number of ether oxygens (including phenoxy) is 2. The number of nitrogens with one attached hydrogen (secondary N) is 1. The number of halogens is 1. The predicted molar refractivity (Wildman–Crippen MR) is 139 cm³/mol. The normalized spacial score (nSPS) is 18.2. The number of amidine groups is 2. The van der Waals surface area contributed by atoms with Crippen LogP contribution >= 0.6 is 11.8 Å². The highest BCUT2D eigenvalue weighted by Gasteiger charge is 2.36. The molecular weight excluding hydrogens is 497 g/mol. The van der Waals surface area contributed by atoms with E-state index in [0.29, 0.717) is 27.7 Å². The van der Waals surface area contributed by atoms with E-state index in [9.17, 15) is 14.0 Å². The number of thioether (sulfide) groups is 1. The smallest absolute Gasteiger partial charge is 0.283 e. The van der Waals surface area contributed by atoms with Crippen LogP contribution < -0.4 is 9.47 Å². The predicted octanol–water partition coefficient (Wildman–Crippen LogP) is 4.04. The summed E-state index contributed by atoms with van der Waals surface area (Å²) in [6, 6.07) is 11.4. The van der Waals surface area contributed by atoms with E-state index in [0.717, 1.165) is 37.7 Å². The number of hydrogen-bond donors (Lipinski definition) is 1. The van der Waals surface area contributed by atoms with Crippen LogP contribution in [0.3, 0.4) is 0 Å². The van der Waals surface area contributed by atoms with Crippen molar-refractivity contribution >= 4 is 45.7 Å².